The predicted molar refractivity (Wildman–Crippen MR) is 75.7 cm³/mol. The van der Waals surface area contributed by atoms with Crippen molar-refractivity contribution in [2.24, 2.45) is 0 Å². The van der Waals surface area contributed by atoms with Crippen LogP contribution in [0.15, 0.2) is 27.6 Å². The molecule has 0 amide bonds. The molecule has 0 aromatic heterocycles. The van der Waals surface area contributed by atoms with E-state index in [9.17, 15) is 13.2 Å². The number of carboxylic acids is 1. The molecule has 20 heavy (non-hydrogen) atoms. The van der Waals surface area contributed by atoms with Gasteiger partial charge in [-0.25, -0.2) is 13.2 Å². The Morgan fingerprint density at radius 2 is 2.15 bits per heavy atom. The van der Waals surface area contributed by atoms with E-state index < -0.39 is 22.0 Å². The lowest BCUT2D eigenvalue weighted by Crippen LogP contribution is -2.35. The Hall–Kier alpha value is -1.43. The second-order valence-electron chi connectivity index (χ2n) is 4.18. The van der Waals surface area contributed by atoms with Gasteiger partial charge in [-0.3, -0.25) is 0 Å². The van der Waals surface area contributed by atoms with E-state index in [1.54, 1.807) is 6.92 Å². The maximum Gasteiger partial charge on any atom is 0.335 e. The first kappa shape index (κ1) is 16.6. The minimum atomic E-state index is -3.88. The number of sulfonamides is 1. The third kappa shape index (κ3) is 3.36. The number of nitriles is 1. The van der Waals surface area contributed by atoms with Crippen LogP contribution in [0, 0.1) is 11.3 Å². The summed E-state index contributed by atoms with van der Waals surface area (Å²) < 4.78 is 26.2. The molecule has 0 heterocycles. The summed E-state index contributed by atoms with van der Waals surface area (Å²) in [5.74, 6) is -1.21. The molecule has 108 valence electrons. The van der Waals surface area contributed by atoms with Gasteiger partial charge < -0.3 is 5.11 Å². The highest BCUT2D eigenvalue weighted by molar-refractivity contribution is 9.10. The molecule has 0 bridgehead atoms. The molecule has 0 saturated carbocycles. The zero-order chi connectivity index (χ0) is 15.5. The molecular weight excluding hydrogens is 348 g/mol. The van der Waals surface area contributed by atoms with Gasteiger partial charge in [0.05, 0.1) is 22.9 Å². The molecule has 8 heteroatoms. The minimum Gasteiger partial charge on any atom is -0.478 e. The number of rotatable bonds is 5. The van der Waals surface area contributed by atoms with Crippen molar-refractivity contribution in [1.82, 2.24) is 4.31 Å². The van der Waals surface area contributed by atoms with Crippen molar-refractivity contribution in [2.45, 2.75) is 24.3 Å². The summed E-state index contributed by atoms with van der Waals surface area (Å²) in [4.78, 5) is 10.8. The van der Waals surface area contributed by atoms with Crippen molar-refractivity contribution in [3.63, 3.8) is 0 Å². The van der Waals surface area contributed by atoms with E-state index >= 15 is 0 Å². The van der Waals surface area contributed by atoms with Gasteiger partial charge in [-0.15, -0.1) is 0 Å². The van der Waals surface area contributed by atoms with Crippen LogP contribution in [0.2, 0.25) is 0 Å². The van der Waals surface area contributed by atoms with Gasteiger partial charge in [-0.05, 0) is 41.1 Å². The molecule has 1 N–H and O–H groups in total. The van der Waals surface area contributed by atoms with Crippen LogP contribution in [0.25, 0.3) is 0 Å². The van der Waals surface area contributed by atoms with E-state index in [1.807, 2.05) is 6.07 Å². The summed E-state index contributed by atoms with van der Waals surface area (Å²) in [6.07, 6.45) is 0.0476. The summed E-state index contributed by atoms with van der Waals surface area (Å²) >= 11 is 3.11. The summed E-state index contributed by atoms with van der Waals surface area (Å²) in [6, 6.07) is 5.17. The summed E-state index contributed by atoms with van der Waals surface area (Å²) in [5.41, 5.74) is -0.117. The Kier molecular flexibility index (Phi) is 5.28. The zero-order valence-electron chi connectivity index (χ0n) is 10.9. The Labute approximate surface area is 125 Å². The Balaban J connectivity index is 3.32. The monoisotopic (exact) mass is 360 g/mol. The quantitative estimate of drug-likeness (QED) is 0.866. The number of carboxylic acid groups (broad SMARTS) is 1. The summed E-state index contributed by atoms with van der Waals surface area (Å²) in [7, 11) is -2.52. The lowest BCUT2D eigenvalue weighted by atomic mass is 10.2. The van der Waals surface area contributed by atoms with Gasteiger partial charge in [-0.1, -0.05) is 0 Å². The maximum absolute atomic E-state index is 12.4. The fourth-order valence-corrected chi connectivity index (χ4v) is 3.80. The molecule has 1 unspecified atom stereocenters. The molecule has 1 rings (SSSR count). The van der Waals surface area contributed by atoms with Crippen molar-refractivity contribution in [1.29, 1.82) is 5.26 Å². The first-order chi connectivity index (χ1) is 9.21. The van der Waals surface area contributed by atoms with Gasteiger partial charge in [-0.2, -0.15) is 9.57 Å². The first-order valence-electron chi connectivity index (χ1n) is 5.59. The number of benzene rings is 1. The topological polar surface area (TPSA) is 98.5 Å². The van der Waals surface area contributed by atoms with Crippen LogP contribution in [0.1, 0.15) is 23.7 Å². The summed E-state index contributed by atoms with van der Waals surface area (Å²) in [5, 5.41) is 17.6. The van der Waals surface area contributed by atoms with Crippen LogP contribution in [-0.2, 0) is 10.0 Å². The molecular formula is C12H13BrN2O4S. The smallest absolute Gasteiger partial charge is 0.335 e. The molecule has 6 nitrogen and oxygen atoms in total. The van der Waals surface area contributed by atoms with E-state index in [0.717, 1.165) is 10.4 Å². The van der Waals surface area contributed by atoms with Crippen molar-refractivity contribution in [3.8, 4) is 6.07 Å². The number of hydrogen-bond acceptors (Lipinski definition) is 4. The minimum absolute atomic E-state index is 0.0476. The fraction of sp³-hybridized carbons (Fsp3) is 0.333. The molecule has 1 atom stereocenters. The molecule has 0 aliphatic carbocycles. The van der Waals surface area contributed by atoms with Gasteiger partial charge in [0.15, 0.2) is 0 Å². The maximum atomic E-state index is 12.4. The molecule has 0 saturated heterocycles. The Morgan fingerprint density at radius 3 is 2.65 bits per heavy atom. The SMILES string of the molecule is CC(CC#N)N(C)S(=O)(=O)c1cc(C(=O)O)ccc1Br. The van der Waals surface area contributed by atoms with Gasteiger partial charge in [0, 0.05) is 17.6 Å². The van der Waals surface area contributed by atoms with Crippen LogP contribution in [0.5, 0.6) is 0 Å². The molecule has 1 aromatic rings. The van der Waals surface area contributed by atoms with Crippen molar-refractivity contribution in [2.75, 3.05) is 7.05 Å². The lowest BCUT2D eigenvalue weighted by molar-refractivity contribution is 0.0696. The summed E-state index contributed by atoms with van der Waals surface area (Å²) in [6.45, 7) is 1.61. The second-order valence-corrected chi connectivity index (χ2v) is 7.00. The highest BCUT2D eigenvalue weighted by Gasteiger charge is 2.28. The van der Waals surface area contributed by atoms with Crippen molar-refractivity contribution in [3.05, 3.63) is 28.2 Å². The predicted octanol–water partition coefficient (Wildman–Crippen LogP) is 2.07. The number of aromatic carboxylic acids is 1. The van der Waals surface area contributed by atoms with Crippen LogP contribution in [0.4, 0.5) is 0 Å². The van der Waals surface area contributed by atoms with Crippen molar-refractivity contribution < 1.29 is 18.3 Å². The third-order valence-corrected chi connectivity index (χ3v) is 5.81. The van der Waals surface area contributed by atoms with Gasteiger partial charge in [0.1, 0.15) is 0 Å². The van der Waals surface area contributed by atoms with Gasteiger partial charge >= 0.3 is 5.97 Å². The molecule has 0 aliphatic heterocycles. The zero-order valence-corrected chi connectivity index (χ0v) is 13.3. The molecule has 0 aliphatic rings. The van der Waals surface area contributed by atoms with Crippen molar-refractivity contribution >= 4 is 31.9 Å². The fourth-order valence-electron chi connectivity index (χ4n) is 1.49. The lowest BCUT2D eigenvalue weighted by Gasteiger charge is -2.23. The largest absolute Gasteiger partial charge is 0.478 e. The van der Waals surface area contributed by atoms with E-state index in [-0.39, 0.29) is 21.4 Å². The number of carbonyl (C=O) groups is 1. The first-order valence-corrected chi connectivity index (χ1v) is 7.83. The third-order valence-electron chi connectivity index (χ3n) is 2.84. The van der Waals surface area contributed by atoms with Crippen LogP contribution in [0.3, 0.4) is 0 Å². The molecule has 0 spiro atoms. The highest BCUT2D eigenvalue weighted by Crippen LogP contribution is 2.27. The molecule has 0 radical (unpaired) electrons. The van der Waals surface area contributed by atoms with E-state index in [4.69, 9.17) is 10.4 Å². The van der Waals surface area contributed by atoms with Gasteiger partial charge in [0.2, 0.25) is 10.0 Å². The average molecular weight is 361 g/mol. The van der Waals surface area contributed by atoms with E-state index in [2.05, 4.69) is 15.9 Å². The number of nitrogens with zero attached hydrogens (tertiary/aromatic N) is 2. The average Bonchev–Trinajstić information content (AvgIpc) is 2.37. The van der Waals surface area contributed by atoms with E-state index in [1.165, 1.54) is 19.2 Å². The van der Waals surface area contributed by atoms with Crippen LogP contribution >= 0.6 is 15.9 Å². The number of halogens is 1. The Morgan fingerprint density at radius 1 is 1.55 bits per heavy atom. The second kappa shape index (κ2) is 6.35. The molecule has 0 fully saturated rings. The normalized spacial score (nSPS) is 12.9. The van der Waals surface area contributed by atoms with Gasteiger partial charge in [0.25, 0.3) is 0 Å². The standard InChI is InChI=1S/C12H13BrN2O4S/c1-8(5-6-14)15(2)20(18,19)11-7-9(12(16)17)3-4-10(11)13/h3-4,7-8H,5H2,1-2H3,(H,16,17). The number of hydrogen-bond donors (Lipinski definition) is 1. The Bertz CT molecular complexity index is 667. The highest BCUT2D eigenvalue weighted by atomic mass is 79.9. The van der Waals surface area contributed by atoms with E-state index in [0.29, 0.717) is 0 Å². The van der Waals surface area contributed by atoms with Crippen LogP contribution < -0.4 is 0 Å². The molecule has 1 aromatic carbocycles. The van der Waals surface area contributed by atoms with Crippen LogP contribution in [-0.4, -0.2) is 36.9 Å².